The molecule has 17 heavy (non-hydrogen) atoms. The minimum atomic E-state index is -1.16. The number of amides is 2. The van der Waals surface area contributed by atoms with Gasteiger partial charge in [-0.15, -0.1) is 0 Å². The van der Waals surface area contributed by atoms with Crippen molar-refractivity contribution in [2.45, 2.75) is 13.0 Å². The van der Waals surface area contributed by atoms with Crippen LogP contribution in [0.15, 0.2) is 24.3 Å². The topological polar surface area (TPSA) is 78.4 Å². The molecule has 0 unspecified atom stereocenters. The number of carbonyl (C=O) groups excluding carboxylic acids is 1. The van der Waals surface area contributed by atoms with Gasteiger partial charge in [0.15, 0.2) is 6.04 Å². The molecule has 0 saturated heterocycles. The van der Waals surface area contributed by atoms with Crippen LogP contribution in [0.3, 0.4) is 0 Å². The fourth-order valence-electron chi connectivity index (χ4n) is 1.32. The lowest BCUT2D eigenvalue weighted by atomic mass is 10.1. The highest BCUT2D eigenvalue weighted by molar-refractivity contribution is 6.31. The first-order valence-corrected chi connectivity index (χ1v) is 5.45. The molecule has 0 aliphatic carbocycles. The smallest absolute Gasteiger partial charge is 0.331 e. The summed E-state index contributed by atoms with van der Waals surface area (Å²) in [6, 6.07) is 4.79. The SMILES string of the molecule is CCNC(=O)N[C@@H](C(=O)O)c1ccccc1Cl. The molecular formula is C11H13ClN2O3. The predicted octanol–water partition coefficient (Wildman–Crippen LogP) is 1.78. The van der Waals surface area contributed by atoms with Crippen molar-refractivity contribution in [2.75, 3.05) is 6.54 Å². The van der Waals surface area contributed by atoms with Crippen LogP contribution in [-0.4, -0.2) is 23.7 Å². The first kappa shape index (κ1) is 13.3. The third-order valence-electron chi connectivity index (χ3n) is 2.08. The summed E-state index contributed by atoms with van der Waals surface area (Å²) < 4.78 is 0. The van der Waals surface area contributed by atoms with Crippen LogP contribution in [0.25, 0.3) is 0 Å². The van der Waals surface area contributed by atoms with Crippen molar-refractivity contribution in [3.63, 3.8) is 0 Å². The van der Waals surface area contributed by atoms with E-state index in [9.17, 15) is 9.59 Å². The molecule has 0 aliphatic heterocycles. The van der Waals surface area contributed by atoms with Gasteiger partial charge in [0.1, 0.15) is 0 Å². The number of aliphatic carboxylic acids is 1. The van der Waals surface area contributed by atoms with E-state index >= 15 is 0 Å². The molecule has 2 amide bonds. The van der Waals surface area contributed by atoms with Gasteiger partial charge in [-0.05, 0) is 13.0 Å². The Morgan fingerprint density at radius 1 is 1.41 bits per heavy atom. The van der Waals surface area contributed by atoms with Crippen molar-refractivity contribution in [1.82, 2.24) is 10.6 Å². The van der Waals surface area contributed by atoms with E-state index in [0.717, 1.165) is 0 Å². The van der Waals surface area contributed by atoms with Crippen molar-refractivity contribution in [3.8, 4) is 0 Å². The Hall–Kier alpha value is -1.75. The highest BCUT2D eigenvalue weighted by Gasteiger charge is 2.23. The Balaban J connectivity index is 2.91. The summed E-state index contributed by atoms with van der Waals surface area (Å²) in [6.07, 6.45) is 0. The van der Waals surface area contributed by atoms with Crippen LogP contribution in [0.4, 0.5) is 4.79 Å². The zero-order chi connectivity index (χ0) is 12.8. The van der Waals surface area contributed by atoms with Gasteiger partial charge in [-0.2, -0.15) is 0 Å². The van der Waals surface area contributed by atoms with E-state index in [1.54, 1.807) is 31.2 Å². The number of halogens is 1. The lowest BCUT2D eigenvalue weighted by Crippen LogP contribution is -2.40. The number of carbonyl (C=O) groups is 2. The highest BCUT2D eigenvalue weighted by Crippen LogP contribution is 2.22. The summed E-state index contributed by atoms with van der Waals surface area (Å²) in [5.41, 5.74) is 0.355. The van der Waals surface area contributed by atoms with Crippen molar-refractivity contribution in [2.24, 2.45) is 0 Å². The molecule has 1 rings (SSSR count). The summed E-state index contributed by atoms with van der Waals surface area (Å²) in [5.74, 6) is -1.16. The molecule has 0 heterocycles. The number of nitrogens with one attached hydrogen (secondary N) is 2. The number of benzene rings is 1. The maximum atomic E-state index is 11.3. The van der Waals surface area contributed by atoms with E-state index in [0.29, 0.717) is 17.1 Å². The zero-order valence-corrected chi connectivity index (χ0v) is 9.99. The molecule has 5 nitrogen and oxygen atoms in total. The number of urea groups is 1. The quantitative estimate of drug-likeness (QED) is 0.768. The first-order chi connectivity index (χ1) is 8.06. The Bertz CT molecular complexity index is 423. The van der Waals surface area contributed by atoms with Gasteiger partial charge in [0, 0.05) is 17.1 Å². The third kappa shape index (κ3) is 3.64. The van der Waals surface area contributed by atoms with E-state index in [-0.39, 0.29) is 0 Å². The highest BCUT2D eigenvalue weighted by atomic mass is 35.5. The second kappa shape index (κ2) is 6.10. The van der Waals surface area contributed by atoms with Crippen LogP contribution < -0.4 is 10.6 Å². The standard InChI is InChI=1S/C11H13ClN2O3/c1-2-13-11(17)14-9(10(15)16)7-5-3-4-6-8(7)12/h3-6,9H,2H2,1H3,(H,15,16)(H2,13,14,17)/t9-/m1/s1. The molecule has 0 bridgehead atoms. The van der Waals surface area contributed by atoms with Crippen molar-refractivity contribution >= 4 is 23.6 Å². The molecule has 0 aromatic heterocycles. The number of hydrogen-bond acceptors (Lipinski definition) is 2. The fourth-order valence-corrected chi connectivity index (χ4v) is 1.57. The summed E-state index contributed by atoms with van der Waals surface area (Å²) in [4.78, 5) is 22.4. The van der Waals surface area contributed by atoms with Gasteiger partial charge in [0.25, 0.3) is 0 Å². The van der Waals surface area contributed by atoms with Crippen LogP contribution in [0.2, 0.25) is 5.02 Å². The van der Waals surface area contributed by atoms with Gasteiger partial charge in [0.05, 0.1) is 0 Å². The maximum absolute atomic E-state index is 11.3. The Labute approximate surface area is 104 Å². The molecule has 3 N–H and O–H groups in total. The van der Waals surface area contributed by atoms with Crippen LogP contribution >= 0.6 is 11.6 Å². The lowest BCUT2D eigenvalue weighted by Gasteiger charge is -2.16. The molecule has 1 aromatic rings. The predicted molar refractivity (Wildman–Crippen MR) is 64.0 cm³/mol. The summed E-state index contributed by atoms with van der Waals surface area (Å²) in [5, 5.41) is 14.2. The third-order valence-corrected chi connectivity index (χ3v) is 2.42. The molecule has 0 aliphatic rings. The second-order valence-corrected chi connectivity index (χ2v) is 3.70. The number of hydrogen-bond donors (Lipinski definition) is 3. The second-order valence-electron chi connectivity index (χ2n) is 3.30. The Morgan fingerprint density at radius 2 is 2.06 bits per heavy atom. The van der Waals surface area contributed by atoms with Gasteiger partial charge in [-0.1, -0.05) is 29.8 Å². The molecule has 6 heteroatoms. The Morgan fingerprint density at radius 3 is 2.59 bits per heavy atom. The van der Waals surface area contributed by atoms with Gasteiger partial charge < -0.3 is 15.7 Å². The van der Waals surface area contributed by atoms with Crippen molar-refractivity contribution in [1.29, 1.82) is 0 Å². The largest absolute Gasteiger partial charge is 0.479 e. The number of carboxylic acid groups (broad SMARTS) is 1. The van der Waals surface area contributed by atoms with E-state index in [2.05, 4.69) is 10.6 Å². The van der Waals surface area contributed by atoms with Gasteiger partial charge in [-0.3, -0.25) is 0 Å². The normalized spacial score (nSPS) is 11.6. The van der Waals surface area contributed by atoms with Crippen LogP contribution in [0, 0.1) is 0 Å². The van der Waals surface area contributed by atoms with Crippen molar-refractivity contribution in [3.05, 3.63) is 34.9 Å². The van der Waals surface area contributed by atoms with E-state index in [4.69, 9.17) is 16.7 Å². The minimum absolute atomic E-state index is 0.302. The molecular weight excluding hydrogens is 244 g/mol. The fraction of sp³-hybridized carbons (Fsp3) is 0.273. The average Bonchev–Trinajstić information content (AvgIpc) is 2.27. The van der Waals surface area contributed by atoms with Crippen LogP contribution in [0.1, 0.15) is 18.5 Å². The van der Waals surface area contributed by atoms with Gasteiger partial charge in [0.2, 0.25) is 0 Å². The van der Waals surface area contributed by atoms with E-state index in [1.807, 2.05) is 0 Å². The van der Waals surface area contributed by atoms with E-state index in [1.165, 1.54) is 0 Å². The summed E-state index contributed by atoms with van der Waals surface area (Å²) >= 11 is 5.89. The molecule has 92 valence electrons. The van der Waals surface area contributed by atoms with Gasteiger partial charge in [-0.25, -0.2) is 9.59 Å². The molecule has 0 fully saturated rings. The van der Waals surface area contributed by atoms with Crippen molar-refractivity contribution < 1.29 is 14.7 Å². The molecule has 0 saturated carbocycles. The van der Waals surface area contributed by atoms with Crippen LogP contribution in [-0.2, 0) is 4.79 Å². The number of rotatable bonds is 4. The molecule has 0 spiro atoms. The average molecular weight is 257 g/mol. The zero-order valence-electron chi connectivity index (χ0n) is 9.24. The molecule has 1 atom stereocenters. The summed E-state index contributed by atoms with van der Waals surface area (Å²) in [7, 11) is 0. The monoisotopic (exact) mass is 256 g/mol. The van der Waals surface area contributed by atoms with Crippen LogP contribution in [0.5, 0.6) is 0 Å². The maximum Gasteiger partial charge on any atom is 0.331 e. The molecule has 1 aromatic carbocycles. The van der Waals surface area contributed by atoms with Gasteiger partial charge >= 0.3 is 12.0 Å². The molecule has 0 radical (unpaired) electrons. The minimum Gasteiger partial charge on any atom is -0.479 e. The number of carboxylic acids is 1. The van der Waals surface area contributed by atoms with E-state index < -0.39 is 18.0 Å². The summed E-state index contributed by atoms with van der Waals surface area (Å²) in [6.45, 7) is 2.16. The first-order valence-electron chi connectivity index (χ1n) is 5.07. The lowest BCUT2D eigenvalue weighted by molar-refractivity contribution is -0.139. The Kier molecular flexibility index (Phi) is 4.78.